The molecule has 0 aliphatic carbocycles. The first kappa shape index (κ1) is 18.5. The SMILES string of the molecule is CN(C)c1cc(S(=O)(=O)O)cc2cc(S(=O)(=O)O)cc(N(C)C)c12. The summed E-state index contributed by atoms with van der Waals surface area (Å²) in [6.45, 7) is 0. The van der Waals surface area contributed by atoms with Crippen molar-refractivity contribution in [3.8, 4) is 0 Å². The van der Waals surface area contributed by atoms with Crippen molar-refractivity contribution in [3.05, 3.63) is 24.3 Å². The van der Waals surface area contributed by atoms with Crippen LogP contribution in [0, 0.1) is 0 Å². The molecule has 0 aromatic heterocycles. The summed E-state index contributed by atoms with van der Waals surface area (Å²) in [5.41, 5.74) is 0.955. The minimum absolute atomic E-state index is 0.257. The van der Waals surface area contributed by atoms with E-state index >= 15 is 0 Å². The van der Waals surface area contributed by atoms with Gasteiger partial charge in [0.2, 0.25) is 0 Å². The number of fused-ring (bicyclic) bond motifs is 1. The Balaban J connectivity index is 3.08. The van der Waals surface area contributed by atoms with Crippen LogP contribution in [-0.2, 0) is 20.2 Å². The predicted molar refractivity (Wildman–Crippen MR) is 92.2 cm³/mol. The summed E-state index contributed by atoms with van der Waals surface area (Å²) in [4.78, 5) is 2.57. The molecule has 132 valence electrons. The average Bonchev–Trinajstić information content (AvgIpc) is 2.42. The van der Waals surface area contributed by atoms with Crippen molar-refractivity contribution in [3.63, 3.8) is 0 Å². The van der Waals surface area contributed by atoms with E-state index in [-0.39, 0.29) is 15.2 Å². The number of hydrogen-bond donors (Lipinski definition) is 2. The highest BCUT2D eigenvalue weighted by atomic mass is 32.2. The molecule has 0 spiro atoms. The van der Waals surface area contributed by atoms with Gasteiger partial charge in [0.1, 0.15) is 0 Å². The van der Waals surface area contributed by atoms with Crippen molar-refractivity contribution in [1.29, 1.82) is 0 Å². The van der Waals surface area contributed by atoms with Crippen LogP contribution in [0.5, 0.6) is 0 Å². The fourth-order valence-electron chi connectivity index (χ4n) is 2.42. The van der Waals surface area contributed by atoms with Crippen LogP contribution in [0.1, 0.15) is 0 Å². The number of benzene rings is 2. The maximum Gasteiger partial charge on any atom is 0.294 e. The van der Waals surface area contributed by atoms with Crippen molar-refractivity contribution in [1.82, 2.24) is 0 Å². The fraction of sp³-hybridized carbons (Fsp3) is 0.286. The number of nitrogens with zero attached hydrogens (tertiary/aromatic N) is 2. The van der Waals surface area contributed by atoms with Crippen LogP contribution in [-0.4, -0.2) is 54.1 Å². The van der Waals surface area contributed by atoms with Crippen molar-refractivity contribution in [2.75, 3.05) is 38.0 Å². The largest absolute Gasteiger partial charge is 0.377 e. The lowest BCUT2D eigenvalue weighted by Crippen LogP contribution is -2.15. The normalized spacial score (nSPS) is 12.4. The topological polar surface area (TPSA) is 115 Å². The van der Waals surface area contributed by atoms with E-state index in [0.717, 1.165) is 0 Å². The quantitative estimate of drug-likeness (QED) is 0.773. The van der Waals surface area contributed by atoms with E-state index in [1.165, 1.54) is 24.3 Å². The Hall–Kier alpha value is -1.88. The summed E-state index contributed by atoms with van der Waals surface area (Å²) in [6.07, 6.45) is 0. The third-order valence-corrected chi connectivity index (χ3v) is 5.18. The van der Waals surface area contributed by atoms with E-state index < -0.39 is 20.2 Å². The van der Waals surface area contributed by atoms with Gasteiger partial charge in [0, 0.05) is 45.0 Å². The summed E-state index contributed by atoms with van der Waals surface area (Å²) < 4.78 is 64.7. The Morgan fingerprint density at radius 1 is 0.708 bits per heavy atom. The van der Waals surface area contributed by atoms with Crippen LogP contribution in [0.4, 0.5) is 11.4 Å². The molecule has 0 unspecified atom stereocenters. The average molecular weight is 374 g/mol. The maximum absolute atomic E-state index is 11.5. The van der Waals surface area contributed by atoms with Crippen molar-refractivity contribution in [2.24, 2.45) is 0 Å². The number of hydrogen-bond acceptors (Lipinski definition) is 6. The highest BCUT2D eigenvalue weighted by Crippen LogP contribution is 2.38. The maximum atomic E-state index is 11.5. The third kappa shape index (κ3) is 3.46. The number of rotatable bonds is 4. The second-order valence-corrected chi connectivity index (χ2v) is 8.56. The van der Waals surface area contributed by atoms with Gasteiger partial charge in [-0.25, -0.2) is 0 Å². The molecule has 2 aromatic carbocycles. The minimum atomic E-state index is -4.48. The van der Waals surface area contributed by atoms with Gasteiger partial charge in [0.25, 0.3) is 20.2 Å². The lowest BCUT2D eigenvalue weighted by atomic mass is 10.1. The van der Waals surface area contributed by atoms with Gasteiger partial charge in [0.15, 0.2) is 0 Å². The zero-order valence-corrected chi connectivity index (χ0v) is 15.2. The van der Waals surface area contributed by atoms with Crippen LogP contribution in [0.2, 0.25) is 0 Å². The van der Waals surface area contributed by atoms with Crippen LogP contribution >= 0.6 is 0 Å². The van der Waals surface area contributed by atoms with Gasteiger partial charge in [-0.1, -0.05) is 0 Å². The van der Waals surface area contributed by atoms with Crippen LogP contribution in [0.15, 0.2) is 34.1 Å². The van der Waals surface area contributed by atoms with Gasteiger partial charge < -0.3 is 9.80 Å². The number of anilines is 2. The van der Waals surface area contributed by atoms with Crippen LogP contribution < -0.4 is 9.80 Å². The molecule has 10 heteroatoms. The monoisotopic (exact) mass is 374 g/mol. The zero-order valence-electron chi connectivity index (χ0n) is 13.5. The first-order chi connectivity index (χ1) is 10.8. The molecule has 0 radical (unpaired) electrons. The van der Waals surface area contributed by atoms with Gasteiger partial charge in [-0.15, -0.1) is 0 Å². The third-order valence-electron chi connectivity index (χ3n) is 3.51. The van der Waals surface area contributed by atoms with Crippen molar-refractivity contribution in [2.45, 2.75) is 9.79 Å². The van der Waals surface area contributed by atoms with Gasteiger partial charge in [0.05, 0.1) is 9.79 Å². The molecule has 0 fully saturated rings. The molecule has 8 nitrogen and oxygen atoms in total. The first-order valence-corrected chi connectivity index (χ1v) is 9.62. The Morgan fingerprint density at radius 2 is 1.04 bits per heavy atom. The molecule has 24 heavy (non-hydrogen) atoms. The highest BCUT2D eigenvalue weighted by molar-refractivity contribution is 7.86. The second-order valence-electron chi connectivity index (χ2n) is 5.72. The summed E-state index contributed by atoms with van der Waals surface area (Å²) in [6, 6.07) is 4.94. The smallest absolute Gasteiger partial charge is 0.294 e. The van der Waals surface area contributed by atoms with E-state index in [1.807, 2.05) is 0 Å². The molecular weight excluding hydrogens is 356 g/mol. The van der Waals surface area contributed by atoms with E-state index in [4.69, 9.17) is 0 Å². The van der Waals surface area contributed by atoms with Crippen LogP contribution in [0.25, 0.3) is 10.8 Å². The molecular formula is C14H18N2O6S2. The molecule has 0 aliphatic heterocycles. The molecule has 2 rings (SSSR count). The van der Waals surface area contributed by atoms with Crippen molar-refractivity contribution >= 4 is 42.4 Å². The molecule has 0 saturated carbocycles. The van der Waals surface area contributed by atoms with E-state index in [9.17, 15) is 25.9 Å². The molecule has 0 bridgehead atoms. The first-order valence-electron chi connectivity index (χ1n) is 6.74. The van der Waals surface area contributed by atoms with Gasteiger partial charge in [-0.05, 0) is 29.7 Å². The summed E-state index contributed by atoms with van der Waals surface area (Å²) >= 11 is 0. The Labute approximate surface area is 140 Å². The van der Waals surface area contributed by atoms with Crippen LogP contribution in [0.3, 0.4) is 0 Å². The molecule has 0 atom stereocenters. The lowest BCUT2D eigenvalue weighted by Gasteiger charge is -2.23. The van der Waals surface area contributed by atoms with E-state index in [2.05, 4.69) is 0 Å². The van der Waals surface area contributed by atoms with E-state index in [1.54, 1.807) is 38.0 Å². The Bertz CT molecular complexity index is 932. The summed E-state index contributed by atoms with van der Waals surface area (Å²) in [5.74, 6) is 0. The predicted octanol–water partition coefficient (Wildman–Crippen LogP) is 1.47. The molecule has 2 aromatic rings. The molecule has 2 N–H and O–H groups in total. The fourth-order valence-corrected chi connectivity index (χ4v) is 3.49. The summed E-state index contributed by atoms with van der Waals surface area (Å²) in [7, 11) is -2.20. The van der Waals surface area contributed by atoms with Gasteiger partial charge >= 0.3 is 0 Å². The Kier molecular flexibility index (Phi) is 4.53. The molecule has 0 saturated heterocycles. The zero-order chi connectivity index (χ0) is 18.4. The summed E-state index contributed by atoms with van der Waals surface area (Å²) in [5, 5.41) is 0.845. The molecule has 0 amide bonds. The minimum Gasteiger partial charge on any atom is -0.377 e. The van der Waals surface area contributed by atoms with E-state index in [0.29, 0.717) is 16.8 Å². The van der Waals surface area contributed by atoms with Crippen molar-refractivity contribution < 1.29 is 25.9 Å². The van der Waals surface area contributed by atoms with Gasteiger partial charge in [-0.3, -0.25) is 9.11 Å². The second kappa shape index (κ2) is 5.88. The highest BCUT2D eigenvalue weighted by Gasteiger charge is 2.21. The van der Waals surface area contributed by atoms with Gasteiger partial charge in [-0.2, -0.15) is 16.8 Å². The standard InChI is InChI=1S/C14H18N2O6S2/c1-15(2)12-7-10(23(17,18)19)5-9-6-11(24(20,21)22)8-13(14(9)12)16(3)4/h5-8H,1-4H3,(H,17,18,19)(H,20,21,22). The molecule has 0 heterocycles. The Morgan fingerprint density at radius 3 is 1.29 bits per heavy atom. The lowest BCUT2D eigenvalue weighted by molar-refractivity contribution is 0.481. The molecule has 0 aliphatic rings.